The Hall–Kier alpha value is -1.94. The van der Waals surface area contributed by atoms with E-state index in [2.05, 4.69) is 16.8 Å². The van der Waals surface area contributed by atoms with Gasteiger partial charge in [-0.3, -0.25) is 0 Å². The zero-order chi connectivity index (χ0) is 12.3. The molecule has 0 aliphatic rings. The number of carbonyl (C=O) groups excluding carboxylic acids is 4. The van der Waals surface area contributed by atoms with Crippen LogP contribution in [0, 0.1) is 0 Å². The molecule has 0 N–H and O–H groups in total. The van der Waals surface area contributed by atoms with E-state index in [1.54, 1.807) is 0 Å². The van der Waals surface area contributed by atoms with Crippen LogP contribution in [0.4, 0.5) is 0 Å². The molecule has 0 aromatic rings. The van der Waals surface area contributed by atoms with Gasteiger partial charge in [-0.2, -0.15) is 0 Å². The summed E-state index contributed by atoms with van der Waals surface area (Å²) in [6.45, 7) is 0.133. The van der Waals surface area contributed by atoms with Gasteiger partial charge >= 0.3 is 92.5 Å². The van der Waals surface area contributed by atoms with Crippen molar-refractivity contribution in [1.29, 1.82) is 0 Å². The fraction of sp³-hybridized carbons (Fsp3) is 0.429. The molecule has 0 saturated heterocycles. The molecule has 0 rings (SSSR count). The van der Waals surface area contributed by atoms with Gasteiger partial charge in [0.1, 0.15) is 0 Å². The zero-order valence-electron chi connectivity index (χ0n) is 8.04. The second kappa shape index (κ2) is 8.38. The Balaban J connectivity index is 4.88. The molecule has 0 atom stereocenters. The molecule has 0 fully saturated rings. The van der Waals surface area contributed by atoms with Crippen LogP contribution in [0.3, 0.4) is 0 Å². The topological polar surface area (TPSA) is 118 Å². The third kappa shape index (κ3) is 5.07. The number of nitrogens with zero attached hydrogens (tertiary/aromatic N) is 4. The quantitative estimate of drug-likeness (QED) is 0.275. The van der Waals surface area contributed by atoms with Crippen LogP contribution < -0.4 is 0 Å². The van der Waals surface area contributed by atoms with E-state index in [4.69, 9.17) is 0 Å². The number of isocyanates is 4. The van der Waals surface area contributed by atoms with Crippen LogP contribution in [0.1, 0.15) is 6.42 Å². The second-order valence-corrected chi connectivity index (χ2v) is 8.17. The zero-order valence-corrected chi connectivity index (χ0v) is 10.1. The van der Waals surface area contributed by atoms with E-state index in [1.165, 1.54) is 24.3 Å². The monoisotopic (exact) mass is 284 g/mol. The summed E-state index contributed by atoms with van der Waals surface area (Å²) in [6, 6.07) is 0. The van der Waals surface area contributed by atoms with Crippen LogP contribution >= 0.6 is 0 Å². The summed E-state index contributed by atoms with van der Waals surface area (Å²) >= 11 is -3.97. The molecule has 0 aromatic carbocycles. The standard InChI is InChI=1S/C7H6GeN4O4/c13-4-9-3-1-2-8(10-5-14,11-6-15)12-7-16/h1-3H2. The van der Waals surface area contributed by atoms with Crippen molar-refractivity contribution in [3.05, 3.63) is 0 Å². The van der Waals surface area contributed by atoms with Crippen molar-refractivity contribution in [3.63, 3.8) is 0 Å². The summed E-state index contributed by atoms with van der Waals surface area (Å²) < 4.78 is 9.95. The first-order valence-electron chi connectivity index (χ1n) is 4.05. The molecular weight excluding hydrogens is 277 g/mol. The van der Waals surface area contributed by atoms with Crippen molar-refractivity contribution in [2.75, 3.05) is 6.54 Å². The minimum absolute atomic E-state index is 0.116. The fourth-order valence-electron chi connectivity index (χ4n) is 0.903. The van der Waals surface area contributed by atoms with Crippen LogP contribution in [0.2, 0.25) is 5.25 Å². The van der Waals surface area contributed by atoms with Gasteiger partial charge in [-0.25, -0.2) is 0 Å². The van der Waals surface area contributed by atoms with E-state index < -0.39 is 13.9 Å². The molecule has 0 radical (unpaired) electrons. The predicted octanol–water partition coefficient (Wildman–Crippen LogP) is -0.341. The minimum atomic E-state index is -3.97. The van der Waals surface area contributed by atoms with Crippen molar-refractivity contribution >= 4 is 38.3 Å². The first-order chi connectivity index (χ1) is 7.74. The van der Waals surface area contributed by atoms with Gasteiger partial charge in [-0.05, 0) is 0 Å². The molecule has 8 nitrogen and oxygen atoms in total. The first-order valence-corrected chi connectivity index (χ1v) is 8.35. The summed E-state index contributed by atoms with van der Waals surface area (Å²) in [6.07, 6.45) is 5.30. The SMILES string of the molecule is O=C=NCC[CH2][Ge]([N]=C=O)([N]=C=O)[N]=C=O. The third-order valence-corrected chi connectivity index (χ3v) is 6.50. The molecule has 0 bridgehead atoms. The molecule has 0 heterocycles. The van der Waals surface area contributed by atoms with Gasteiger partial charge in [0, 0.05) is 0 Å². The average Bonchev–Trinajstić information content (AvgIpc) is 2.26. The van der Waals surface area contributed by atoms with Gasteiger partial charge in [0.05, 0.1) is 0 Å². The van der Waals surface area contributed by atoms with Gasteiger partial charge < -0.3 is 0 Å². The van der Waals surface area contributed by atoms with E-state index in [0.717, 1.165) is 0 Å². The summed E-state index contributed by atoms with van der Waals surface area (Å²) in [4.78, 5) is 43.5. The second-order valence-electron chi connectivity index (χ2n) is 2.46. The average molecular weight is 283 g/mol. The van der Waals surface area contributed by atoms with Gasteiger partial charge in [0.25, 0.3) is 0 Å². The van der Waals surface area contributed by atoms with Crippen LogP contribution in [0.15, 0.2) is 16.8 Å². The van der Waals surface area contributed by atoms with Gasteiger partial charge in [-0.1, -0.05) is 0 Å². The fourth-order valence-corrected chi connectivity index (χ4v) is 4.17. The summed E-state index contributed by atoms with van der Waals surface area (Å²) in [5, 5.41) is 0.116. The summed E-state index contributed by atoms with van der Waals surface area (Å²) in [5.74, 6) is 0. The molecule has 9 heteroatoms. The molecule has 0 spiro atoms. The Labute approximate surface area is 92.9 Å². The number of hydrogen-bond donors (Lipinski definition) is 0. The molecule has 0 aliphatic carbocycles. The van der Waals surface area contributed by atoms with E-state index >= 15 is 0 Å². The van der Waals surface area contributed by atoms with E-state index in [0.29, 0.717) is 6.42 Å². The maximum atomic E-state index is 10.1. The van der Waals surface area contributed by atoms with Crippen molar-refractivity contribution in [3.8, 4) is 0 Å². The van der Waals surface area contributed by atoms with Crippen molar-refractivity contribution in [2.45, 2.75) is 11.7 Å². The molecule has 0 aromatic heterocycles. The molecule has 0 unspecified atom stereocenters. The Morgan fingerprint density at radius 1 is 0.812 bits per heavy atom. The Kier molecular flexibility index (Phi) is 7.36. The van der Waals surface area contributed by atoms with Gasteiger partial charge in [0.15, 0.2) is 0 Å². The van der Waals surface area contributed by atoms with Crippen molar-refractivity contribution in [2.24, 2.45) is 16.8 Å². The van der Waals surface area contributed by atoms with E-state index in [-0.39, 0.29) is 11.8 Å². The number of hydrogen-bond acceptors (Lipinski definition) is 8. The van der Waals surface area contributed by atoms with Gasteiger partial charge in [0.2, 0.25) is 0 Å². The Morgan fingerprint density at radius 2 is 1.31 bits per heavy atom. The van der Waals surface area contributed by atoms with E-state index in [1.807, 2.05) is 0 Å². The molecule has 0 saturated carbocycles. The maximum absolute atomic E-state index is 10.1. The first kappa shape index (κ1) is 14.1. The number of rotatable bonds is 7. The van der Waals surface area contributed by atoms with Crippen molar-refractivity contribution in [1.82, 2.24) is 0 Å². The summed E-state index contributed by atoms with van der Waals surface area (Å²) in [5.41, 5.74) is 0. The van der Waals surface area contributed by atoms with Crippen molar-refractivity contribution < 1.29 is 19.2 Å². The third-order valence-electron chi connectivity index (χ3n) is 1.52. The van der Waals surface area contributed by atoms with Crippen LogP contribution in [-0.2, 0) is 19.2 Å². The Morgan fingerprint density at radius 3 is 1.69 bits per heavy atom. The molecule has 0 aliphatic heterocycles. The van der Waals surface area contributed by atoms with Crippen LogP contribution in [0.25, 0.3) is 0 Å². The summed E-state index contributed by atoms with van der Waals surface area (Å²) in [7, 11) is 0. The molecule has 82 valence electrons. The molecular formula is C7H6GeN4O4. The molecule has 0 amide bonds. The predicted molar refractivity (Wildman–Crippen MR) is 52.5 cm³/mol. The van der Waals surface area contributed by atoms with Crippen LogP contribution in [0.5, 0.6) is 0 Å². The van der Waals surface area contributed by atoms with Crippen LogP contribution in [-0.4, -0.2) is 44.8 Å². The Bertz CT molecular complexity index is 380. The normalized spacial score (nSPS) is 11.8. The van der Waals surface area contributed by atoms with E-state index in [9.17, 15) is 19.2 Å². The molecule has 16 heavy (non-hydrogen) atoms. The van der Waals surface area contributed by atoms with Gasteiger partial charge in [-0.15, -0.1) is 0 Å². The number of aliphatic imine (C=N–C) groups is 1.